The minimum Gasteiger partial charge on any atom is -0.497 e. The quantitative estimate of drug-likeness (QED) is 0.432. The maximum Gasteiger partial charge on any atom is 0.118 e. The highest BCUT2D eigenvalue weighted by Crippen LogP contribution is 2.29. The Balaban J connectivity index is 1.42. The van der Waals surface area contributed by atoms with E-state index in [1.807, 2.05) is 60.7 Å². The molecule has 0 amide bonds. The van der Waals surface area contributed by atoms with E-state index in [2.05, 4.69) is 36.4 Å². The monoisotopic (exact) mass is 416 g/mol. The van der Waals surface area contributed by atoms with Crippen LogP contribution >= 0.6 is 0 Å². The van der Waals surface area contributed by atoms with Crippen molar-refractivity contribution in [2.75, 3.05) is 13.7 Å². The minimum atomic E-state index is -0.204. The largest absolute Gasteiger partial charge is 0.497 e. The van der Waals surface area contributed by atoms with Gasteiger partial charge in [-0.05, 0) is 28.8 Å². The fraction of sp³-hybridized carbons (Fsp3) is 0.259. The third kappa shape index (κ3) is 6.05. The highest BCUT2D eigenvalue weighted by atomic mass is 16.6. The molecular formula is C27H28O4. The first kappa shape index (κ1) is 21.3. The van der Waals surface area contributed by atoms with Crippen molar-refractivity contribution in [2.24, 2.45) is 0 Å². The molecule has 0 bridgehead atoms. The Bertz CT molecular complexity index is 938. The van der Waals surface area contributed by atoms with Crippen LogP contribution in [-0.2, 0) is 27.4 Å². The number of hydrogen-bond donors (Lipinski definition) is 0. The molecule has 1 aliphatic heterocycles. The van der Waals surface area contributed by atoms with Gasteiger partial charge in [-0.1, -0.05) is 84.9 Å². The van der Waals surface area contributed by atoms with Gasteiger partial charge in [-0.2, -0.15) is 0 Å². The summed E-state index contributed by atoms with van der Waals surface area (Å²) in [4.78, 5) is 0. The fourth-order valence-corrected chi connectivity index (χ4v) is 3.56. The average Bonchev–Trinajstić information content (AvgIpc) is 2.84. The van der Waals surface area contributed by atoms with Gasteiger partial charge in [0.05, 0.1) is 26.9 Å². The molecule has 0 fully saturated rings. The van der Waals surface area contributed by atoms with Gasteiger partial charge in [-0.15, -0.1) is 0 Å². The molecule has 0 radical (unpaired) electrons. The van der Waals surface area contributed by atoms with E-state index in [0.29, 0.717) is 19.8 Å². The first-order valence-electron chi connectivity index (χ1n) is 10.6. The van der Waals surface area contributed by atoms with Crippen molar-refractivity contribution < 1.29 is 18.9 Å². The Morgan fingerprint density at radius 3 is 2.03 bits per heavy atom. The zero-order chi connectivity index (χ0) is 21.3. The van der Waals surface area contributed by atoms with Crippen LogP contribution < -0.4 is 4.74 Å². The smallest absolute Gasteiger partial charge is 0.118 e. The lowest BCUT2D eigenvalue weighted by molar-refractivity contribution is -0.120. The maximum atomic E-state index is 6.41. The van der Waals surface area contributed by atoms with Crippen LogP contribution in [0.5, 0.6) is 5.75 Å². The summed E-state index contributed by atoms with van der Waals surface area (Å²) in [6, 6.07) is 28.3. The van der Waals surface area contributed by atoms with E-state index in [-0.39, 0.29) is 18.3 Å². The van der Waals surface area contributed by atoms with Crippen molar-refractivity contribution in [3.8, 4) is 5.75 Å². The van der Waals surface area contributed by atoms with E-state index in [9.17, 15) is 0 Å². The van der Waals surface area contributed by atoms with Gasteiger partial charge < -0.3 is 18.9 Å². The first-order valence-corrected chi connectivity index (χ1v) is 10.6. The molecule has 31 heavy (non-hydrogen) atoms. The number of methoxy groups -OCH3 is 1. The summed E-state index contributed by atoms with van der Waals surface area (Å²) in [6.07, 6.45) is 3.63. The third-order valence-corrected chi connectivity index (χ3v) is 5.29. The summed E-state index contributed by atoms with van der Waals surface area (Å²) in [7, 11) is 1.67. The minimum absolute atomic E-state index is 0.146. The third-order valence-electron chi connectivity index (χ3n) is 5.29. The summed E-state index contributed by atoms with van der Waals surface area (Å²) >= 11 is 0. The first-order chi connectivity index (χ1) is 15.3. The molecule has 3 aromatic rings. The summed E-state index contributed by atoms with van der Waals surface area (Å²) < 4.78 is 23.9. The van der Waals surface area contributed by atoms with Crippen molar-refractivity contribution >= 4 is 0 Å². The zero-order valence-electron chi connectivity index (χ0n) is 17.7. The zero-order valence-corrected chi connectivity index (χ0v) is 17.7. The Kier molecular flexibility index (Phi) is 7.51. The lowest BCUT2D eigenvalue weighted by Gasteiger charge is -2.32. The molecular weight excluding hydrogens is 388 g/mol. The van der Waals surface area contributed by atoms with Gasteiger partial charge in [-0.3, -0.25) is 0 Å². The molecule has 0 saturated carbocycles. The molecule has 4 heteroatoms. The summed E-state index contributed by atoms with van der Waals surface area (Å²) in [5.41, 5.74) is 3.35. The Morgan fingerprint density at radius 1 is 0.742 bits per heavy atom. The normalized spacial score (nSPS) is 20.5. The van der Waals surface area contributed by atoms with Crippen LogP contribution in [0, 0.1) is 0 Å². The molecule has 4 nitrogen and oxygen atoms in total. The molecule has 0 unspecified atom stereocenters. The molecule has 0 aromatic heterocycles. The molecule has 0 aliphatic carbocycles. The Hall–Kier alpha value is -2.92. The van der Waals surface area contributed by atoms with Gasteiger partial charge in [0.25, 0.3) is 0 Å². The number of benzene rings is 3. The predicted octanol–water partition coefficient (Wildman–Crippen LogP) is 5.49. The molecule has 0 spiro atoms. The van der Waals surface area contributed by atoms with Crippen molar-refractivity contribution in [1.82, 2.24) is 0 Å². The Labute approximate surface area is 184 Å². The van der Waals surface area contributed by atoms with E-state index in [4.69, 9.17) is 18.9 Å². The average molecular weight is 417 g/mol. The van der Waals surface area contributed by atoms with Crippen LogP contribution in [0.4, 0.5) is 0 Å². The summed E-state index contributed by atoms with van der Waals surface area (Å²) in [6.45, 7) is 1.52. The Morgan fingerprint density at radius 2 is 1.39 bits per heavy atom. The lowest BCUT2D eigenvalue weighted by atomic mass is 10.0. The maximum absolute atomic E-state index is 6.41. The lowest BCUT2D eigenvalue weighted by Crippen LogP contribution is -2.38. The molecule has 1 aliphatic rings. The van der Waals surface area contributed by atoms with Crippen LogP contribution in [-0.4, -0.2) is 25.9 Å². The predicted molar refractivity (Wildman–Crippen MR) is 121 cm³/mol. The fourth-order valence-electron chi connectivity index (χ4n) is 3.56. The molecule has 0 saturated heterocycles. The van der Waals surface area contributed by atoms with Gasteiger partial charge in [0, 0.05) is 0 Å². The number of rotatable bonds is 9. The van der Waals surface area contributed by atoms with E-state index in [1.165, 1.54) is 0 Å². The van der Waals surface area contributed by atoms with Crippen molar-refractivity contribution in [1.29, 1.82) is 0 Å². The standard InChI is InChI=1S/C27H28O4/c1-28-24-14-12-23(13-15-24)25-16-17-26(30-19-22-10-6-3-7-11-22)27(31-25)20-29-18-21-8-4-2-5-9-21/h2-17,25-27H,18-20H2,1H3/t25-,26+,27+/m0/s1. The van der Waals surface area contributed by atoms with Crippen LogP contribution in [0.15, 0.2) is 97.1 Å². The molecule has 160 valence electrons. The van der Waals surface area contributed by atoms with E-state index < -0.39 is 0 Å². The second kappa shape index (κ2) is 10.9. The van der Waals surface area contributed by atoms with Crippen LogP contribution in [0.25, 0.3) is 0 Å². The highest BCUT2D eigenvalue weighted by molar-refractivity contribution is 5.31. The van der Waals surface area contributed by atoms with Gasteiger partial charge in [-0.25, -0.2) is 0 Å². The van der Waals surface area contributed by atoms with Gasteiger partial charge in [0.2, 0.25) is 0 Å². The number of ether oxygens (including phenoxy) is 4. The SMILES string of the molecule is COc1ccc([C@@H]2C=C[C@@H](OCc3ccccc3)[C@@H](COCc3ccccc3)O2)cc1. The van der Waals surface area contributed by atoms with Gasteiger partial charge in [0.1, 0.15) is 24.1 Å². The van der Waals surface area contributed by atoms with E-state index >= 15 is 0 Å². The molecule has 1 heterocycles. The molecule has 4 rings (SSSR count). The van der Waals surface area contributed by atoms with Crippen molar-refractivity contribution in [3.63, 3.8) is 0 Å². The van der Waals surface area contributed by atoms with Crippen molar-refractivity contribution in [3.05, 3.63) is 114 Å². The number of hydrogen-bond acceptors (Lipinski definition) is 4. The van der Waals surface area contributed by atoms with Crippen LogP contribution in [0.2, 0.25) is 0 Å². The second-order valence-corrected chi connectivity index (χ2v) is 7.52. The van der Waals surface area contributed by atoms with Crippen LogP contribution in [0.3, 0.4) is 0 Å². The topological polar surface area (TPSA) is 36.9 Å². The summed E-state index contributed by atoms with van der Waals surface area (Å²) in [5, 5.41) is 0. The van der Waals surface area contributed by atoms with Crippen molar-refractivity contribution in [2.45, 2.75) is 31.5 Å². The highest BCUT2D eigenvalue weighted by Gasteiger charge is 2.29. The van der Waals surface area contributed by atoms with E-state index in [0.717, 1.165) is 22.4 Å². The van der Waals surface area contributed by atoms with Crippen LogP contribution in [0.1, 0.15) is 22.8 Å². The molecule has 3 aromatic carbocycles. The van der Waals surface area contributed by atoms with Gasteiger partial charge >= 0.3 is 0 Å². The van der Waals surface area contributed by atoms with Gasteiger partial charge in [0.15, 0.2) is 0 Å². The summed E-state index contributed by atoms with van der Waals surface area (Å²) in [5.74, 6) is 0.829. The molecule has 0 N–H and O–H groups in total. The van der Waals surface area contributed by atoms with E-state index in [1.54, 1.807) is 7.11 Å². The molecule has 3 atom stereocenters. The second-order valence-electron chi connectivity index (χ2n) is 7.52.